The lowest BCUT2D eigenvalue weighted by Crippen LogP contribution is -1.97. The lowest BCUT2D eigenvalue weighted by Gasteiger charge is -2.13. The Bertz CT molecular complexity index is 538. The molecule has 0 aliphatic rings. The summed E-state index contributed by atoms with van der Waals surface area (Å²) in [6, 6.07) is 13.1. The van der Waals surface area contributed by atoms with Crippen LogP contribution in [0.4, 0.5) is 4.39 Å². The van der Waals surface area contributed by atoms with E-state index in [1.165, 1.54) is 17.8 Å². The highest BCUT2D eigenvalue weighted by Crippen LogP contribution is 2.34. The summed E-state index contributed by atoms with van der Waals surface area (Å²) in [4.78, 5) is 1.97. The smallest absolute Gasteiger partial charge is 0.126 e. The Kier molecular flexibility index (Phi) is 4.04. The van der Waals surface area contributed by atoms with Crippen molar-refractivity contribution in [3.8, 4) is 0 Å². The largest absolute Gasteiger partial charge is 0.389 e. The summed E-state index contributed by atoms with van der Waals surface area (Å²) >= 11 is 1.54. The van der Waals surface area contributed by atoms with Gasteiger partial charge in [0, 0.05) is 9.79 Å². The van der Waals surface area contributed by atoms with Crippen molar-refractivity contribution in [2.45, 2.75) is 29.7 Å². The lowest BCUT2D eigenvalue weighted by atomic mass is 10.1. The van der Waals surface area contributed by atoms with Crippen LogP contribution in [0.2, 0.25) is 0 Å². The van der Waals surface area contributed by atoms with E-state index in [4.69, 9.17) is 0 Å². The summed E-state index contributed by atoms with van der Waals surface area (Å²) in [6.45, 7) is 3.38. The van der Waals surface area contributed by atoms with Gasteiger partial charge in [-0.15, -0.1) is 0 Å². The topological polar surface area (TPSA) is 20.2 Å². The number of hydrogen-bond donors (Lipinski definition) is 1. The van der Waals surface area contributed by atoms with Crippen LogP contribution in [0.3, 0.4) is 0 Å². The summed E-state index contributed by atoms with van der Waals surface area (Å²) in [5.74, 6) is -0.275. The predicted octanol–water partition coefficient (Wildman–Crippen LogP) is 4.34. The molecule has 0 saturated heterocycles. The van der Waals surface area contributed by atoms with Crippen LogP contribution in [0, 0.1) is 12.7 Å². The molecule has 1 N–H and O–H groups in total. The van der Waals surface area contributed by atoms with Crippen LogP contribution in [-0.2, 0) is 0 Å². The van der Waals surface area contributed by atoms with Gasteiger partial charge in [0.25, 0.3) is 0 Å². The van der Waals surface area contributed by atoms with Gasteiger partial charge < -0.3 is 5.11 Å². The van der Waals surface area contributed by atoms with Crippen molar-refractivity contribution in [3.05, 3.63) is 59.4 Å². The highest BCUT2D eigenvalue weighted by molar-refractivity contribution is 7.99. The Balaban J connectivity index is 2.40. The third-order valence-electron chi connectivity index (χ3n) is 2.71. The first kappa shape index (κ1) is 13.1. The van der Waals surface area contributed by atoms with Crippen LogP contribution in [0.25, 0.3) is 0 Å². The molecule has 94 valence electrons. The fraction of sp³-hybridized carbons (Fsp3) is 0.200. The van der Waals surface area contributed by atoms with Crippen LogP contribution >= 0.6 is 11.8 Å². The molecular formula is C15H15FOS. The van der Waals surface area contributed by atoms with E-state index < -0.39 is 6.10 Å². The molecule has 2 rings (SSSR count). The van der Waals surface area contributed by atoms with Crippen molar-refractivity contribution in [2.24, 2.45) is 0 Å². The van der Waals surface area contributed by atoms with Crippen molar-refractivity contribution >= 4 is 11.8 Å². The monoisotopic (exact) mass is 262 g/mol. The van der Waals surface area contributed by atoms with Crippen LogP contribution in [0.1, 0.15) is 24.2 Å². The van der Waals surface area contributed by atoms with E-state index in [9.17, 15) is 9.50 Å². The molecule has 0 amide bonds. The van der Waals surface area contributed by atoms with E-state index in [-0.39, 0.29) is 5.82 Å². The second kappa shape index (κ2) is 5.55. The van der Waals surface area contributed by atoms with E-state index in [0.29, 0.717) is 11.1 Å². The molecule has 1 atom stereocenters. The molecular weight excluding hydrogens is 247 g/mol. The molecule has 2 aromatic carbocycles. The highest BCUT2D eigenvalue weighted by atomic mass is 32.2. The number of aliphatic hydroxyl groups is 1. The van der Waals surface area contributed by atoms with Gasteiger partial charge >= 0.3 is 0 Å². The van der Waals surface area contributed by atoms with Crippen LogP contribution in [0.5, 0.6) is 0 Å². The second-order valence-corrected chi connectivity index (χ2v) is 5.35. The number of benzene rings is 2. The Morgan fingerprint density at radius 2 is 1.83 bits per heavy atom. The molecule has 0 fully saturated rings. The van der Waals surface area contributed by atoms with Crippen LogP contribution in [-0.4, -0.2) is 5.11 Å². The summed E-state index contributed by atoms with van der Waals surface area (Å²) in [5, 5.41) is 9.72. The van der Waals surface area contributed by atoms with Gasteiger partial charge in [0.2, 0.25) is 0 Å². The normalized spacial score (nSPS) is 12.4. The van der Waals surface area contributed by atoms with Crippen LogP contribution < -0.4 is 0 Å². The molecule has 1 unspecified atom stereocenters. The minimum atomic E-state index is -0.675. The Labute approximate surface area is 111 Å². The highest BCUT2D eigenvalue weighted by Gasteiger charge is 2.12. The summed E-state index contributed by atoms with van der Waals surface area (Å²) in [7, 11) is 0. The average molecular weight is 262 g/mol. The van der Waals surface area contributed by atoms with Gasteiger partial charge in [-0.3, -0.25) is 0 Å². The third kappa shape index (κ3) is 2.92. The molecule has 3 heteroatoms. The molecule has 0 heterocycles. The molecule has 1 nitrogen and oxygen atoms in total. The maximum atomic E-state index is 13.5. The van der Waals surface area contributed by atoms with Crippen molar-refractivity contribution in [1.82, 2.24) is 0 Å². The number of rotatable bonds is 3. The molecule has 0 spiro atoms. The van der Waals surface area contributed by atoms with Crippen LogP contribution in [0.15, 0.2) is 52.3 Å². The minimum absolute atomic E-state index is 0.275. The Hall–Kier alpha value is -1.32. The summed E-state index contributed by atoms with van der Waals surface area (Å²) < 4.78 is 13.5. The molecule has 2 aromatic rings. The first-order chi connectivity index (χ1) is 8.58. The molecule has 0 aliphatic carbocycles. The molecule has 0 bridgehead atoms. The van der Waals surface area contributed by atoms with Crippen molar-refractivity contribution < 1.29 is 9.50 Å². The van der Waals surface area contributed by atoms with Gasteiger partial charge in [-0.05, 0) is 49.2 Å². The zero-order valence-electron chi connectivity index (χ0n) is 10.4. The standard InChI is InChI=1S/C15H15FOS/c1-10-8-15(13(11(2)17)9-14(10)16)18-12-6-4-3-5-7-12/h3-9,11,17H,1-2H3. The SMILES string of the molecule is Cc1cc(Sc2ccccc2)c(C(C)O)cc1F. The first-order valence-corrected chi connectivity index (χ1v) is 6.60. The fourth-order valence-corrected chi connectivity index (χ4v) is 2.83. The van der Waals surface area contributed by atoms with E-state index >= 15 is 0 Å². The van der Waals surface area contributed by atoms with Gasteiger partial charge in [-0.2, -0.15) is 0 Å². The number of aliphatic hydroxyl groups excluding tert-OH is 1. The summed E-state index contributed by atoms with van der Waals surface area (Å²) in [5.41, 5.74) is 1.23. The minimum Gasteiger partial charge on any atom is -0.389 e. The fourth-order valence-electron chi connectivity index (χ4n) is 1.70. The zero-order valence-corrected chi connectivity index (χ0v) is 11.2. The molecule has 0 saturated carbocycles. The van der Waals surface area contributed by atoms with E-state index in [1.54, 1.807) is 19.9 Å². The zero-order chi connectivity index (χ0) is 13.1. The predicted molar refractivity (Wildman–Crippen MR) is 72.3 cm³/mol. The third-order valence-corrected chi connectivity index (χ3v) is 3.79. The Morgan fingerprint density at radius 3 is 2.44 bits per heavy atom. The quantitative estimate of drug-likeness (QED) is 0.888. The maximum Gasteiger partial charge on any atom is 0.126 e. The molecule has 0 aromatic heterocycles. The van der Waals surface area contributed by atoms with E-state index in [1.807, 2.05) is 30.3 Å². The average Bonchev–Trinajstić information content (AvgIpc) is 2.34. The number of halogens is 1. The van der Waals surface area contributed by atoms with Crippen molar-refractivity contribution in [2.75, 3.05) is 0 Å². The van der Waals surface area contributed by atoms with E-state index in [2.05, 4.69) is 0 Å². The van der Waals surface area contributed by atoms with Gasteiger partial charge in [-0.25, -0.2) is 4.39 Å². The van der Waals surface area contributed by atoms with Gasteiger partial charge in [0.05, 0.1) is 6.10 Å². The van der Waals surface area contributed by atoms with Crippen molar-refractivity contribution in [1.29, 1.82) is 0 Å². The van der Waals surface area contributed by atoms with Crippen molar-refractivity contribution in [3.63, 3.8) is 0 Å². The summed E-state index contributed by atoms with van der Waals surface area (Å²) in [6.07, 6.45) is -0.675. The second-order valence-electron chi connectivity index (χ2n) is 4.23. The van der Waals surface area contributed by atoms with E-state index in [0.717, 1.165) is 9.79 Å². The molecule has 0 aliphatic heterocycles. The Morgan fingerprint density at radius 1 is 1.17 bits per heavy atom. The first-order valence-electron chi connectivity index (χ1n) is 5.79. The molecule has 0 radical (unpaired) electrons. The molecule has 18 heavy (non-hydrogen) atoms. The van der Waals surface area contributed by atoms with Gasteiger partial charge in [0.15, 0.2) is 0 Å². The number of aryl methyl sites for hydroxylation is 1. The maximum absolute atomic E-state index is 13.5. The van der Waals surface area contributed by atoms with Gasteiger partial charge in [0.1, 0.15) is 5.82 Å². The van der Waals surface area contributed by atoms with Gasteiger partial charge in [-0.1, -0.05) is 30.0 Å². The number of hydrogen-bond acceptors (Lipinski definition) is 2. The lowest BCUT2D eigenvalue weighted by molar-refractivity contribution is 0.196.